The molecular weight excluding hydrogens is 533 g/mol. The average molecular weight is 563 g/mol. The van der Waals surface area contributed by atoms with Crippen LogP contribution in [0.15, 0.2) is 47.6 Å². The van der Waals surface area contributed by atoms with E-state index in [4.69, 9.17) is 4.74 Å². The van der Waals surface area contributed by atoms with Gasteiger partial charge in [-0.3, -0.25) is 9.20 Å². The Hall–Kier alpha value is -3.41. The van der Waals surface area contributed by atoms with Crippen LogP contribution >= 0.6 is 0 Å². The molecule has 0 N–H and O–H groups in total. The van der Waals surface area contributed by atoms with Gasteiger partial charge in [-0.2, -0.15) is 13.2 Å². The van der Waals surface area contributed by atoms with Crippen molar-refractivity contribution in [3.8, 4) is 0 Å². The topological polar surface area (TPSA) is 95.6 Å². The molecule has 0 unspecified atom stereocenters. The Balaban J connectivity index is 1.67. The number of nitrogens with zero attached hydrogens (tertiary/aromatic N) is 4. The highest BCUT2D eigenvalue weighted by atomic mass is 32.2. The maximum Gasteiger partial charge on any atom is 0.435 e. The molecular formula is C27H29F3N4O4S. The number of alkyl halides is 3. The van der Waals surface area contributed by atoms with E-state index in [2.05, 4.69) is 9.97 Å². The summed E-state index contributed by atoms with van der Waals surface area (Å²) in [5.41, 5.74) is -0.199. The number of ether oxygens (including phenoxy) is 1. The van der Waals surface area contributed by atoms with Crippen molar-refractivity contribution in [1.82, 2.24) is 18.3 Å². The highest BCUT2D eigenvalue weighted by Crippen LogP contribution is 2.47. The van der Waals surface area contributed by atoms with Gasteiger partial charge in [-0.1, -0.05) is 31.0 Å². The quantitative estimate of drug-likeness (QED) is 0.267. The van der Waals surface area contributed by atoms with Crippen LogP contribution in [-0.2, 0) is 25.7 Å². The number of benzene rings is 1. The van der Waals surface area contributed by atoms with Crippen molar-refractivity contribution in [3.05, 3.63) is 59.8 Å². The van der Waals surface area contributed by atoms with E-state index in [9.17, 15) is 26.4 Å². The molecule has 12 heteroatoms. The Labute approximate surface area is 223 Å². The minimum absolute atomic E-state index is 0.00213. The van der Waals surface area contributed by atoms with Crippen LogP contribution in [-0.4, -0.2) is 39.3 Å². The molecule has 208 valence electrons. The van der Waals surface area contributed by atoms with Crippen molar-refractivity contribution in [2.45, 2.75) is 63.4 Å². The van der Waals surface area contributed by atoms with Gasteiger partial charge in [0.05, 0.1) is 28.7 Å². The predicted octanol–water partition coefficient (Wildman–Crippen LogP) is 5.72. The molecule has 8 nitrogen and oxygen atoms in total. The molecule has 0 saturated heterocycles. The van der Waals surface area contributed by atoms with Gasteiger partial charge in [0.2, 0.25) is 0 Å². The van der Waals surface area contributed by atoms with E-state index in [0.29, 0.717) is 19.3 Å². The number of carbonyl (C=O) groups excluding carboxylic acids is 1. The second kappa shape index (κ2) is 9.96. The van der Waals surface area contributed by atoms with E-state index < -0.39 is 21.9 Å². The summed E-state index contributed by atoms with van der Waals surface area (Å²) in [4.78, 5) is 20.4. The van der Waals surface area contributed by atoms with Crippen LogP contribution in [0.1, 0.15) is 62.5 Å². The smallest absolute Gasteiger partial charge is 0.435 e. The number of halogens is 3. The Morgan fingerprint density at radius 1 is 1.10 bits per heavy atom. The van der Waals surface area contributed by atoms with Crippen LogP contribution in [0.3, 0.4) is 0 Å². The highest BCUT2D eigenvalue weighted by molar-refractivity contribution is 7.90. The number of esters is 1. The fourth-order valence-electron chi connectivity index (χ4n) is 5.74. The zero-order chi connectivity index (χ0) is 28.1. The molecule has 1 aliphatic rings. The molecule has 4 aromatic rings. The molecule has 3 aromatic heterocycles. The van der Waals surface area contributed by atoms with Crippen molar-refractivity contribution in [3.63, 3.8) is 0 Å². The third-order valence-corrected chi connectivity index (χ3v) is 9.23. The molecule has 0 radical (unpaired) electrons. The number of rotatable bonds is 7. The van der Waals surface area contributed by atoms with Gasteiger partial charge in [0.15, 0.2) is 11.3 Å². The van der Waals surface area contributed by atoms with Gasteiger partial charge in [0.25, 0.3) is 10.0 Å². The van der Waals surface area contributed by atoms with Gasteiger partial charge >= 0.3 is 12.1 Å². The Morgan fingerprint density at radius 3 is 2.46 bits per heavy atom. The first-order chi connectivity index (χ1) is 18.5. The van der Waals surface area contributed by atoms with Crippen LogP contribution in [0.25, 0.3) is 16.7 Å². The van der Waals surface area contributed by atoms with Gasteiger partial charge < -0.3 is 4.74 Å². The van der Waals surface area contributed by atoms with Crippen molar-refractivity contribution in [2.24, 2.45) is 11.8 Å². The van der Waals surface area contributed by atoms with Gasteiger partial charge in [-0.15, -0.1) is 0 Å². The minimum atomic E-state index is -4.74. The lowest BCUT2D eigenvalue weighted by Gasteiger charge is -2.17. The number of carbonyl (C=O) groups is 1. The minimum Gasteiger partial charge on any atom is -0.466 e. The van der Waals surface area contributed by atoms with Crippen molar-refractivity contribution in [1.29, 1.82) is 0 Å². The van der Waals surface area contributed by atoms with Gasteiger partial charge in [-0.25, -0.2) is 22.4 Å². The molecule has 0 spiro atoms. The summed E-state index contributed by atoms with van der Waals surface area (Å²) >= 11 is 0. The molecule has 3 atom stereocenters. The fourth-order valence-corrected chi connectivity index (χ4v) is 7.04. The zero-order valence-corrected chi connectivity index (χ0v) is 22.6. The first-order valence-corrected chi connectivity index (χ1v) is 14.3. The number of aryl methyl sites for hydroxylation is 1. The summed E-state index contributed by atoms with van der Waals surface area (Å²) in [6, 6.07) is 7.76. The van der Waals surface area contributed by atoms with E-state index >= 15 is 0 Å². The summed E-state index contributed by atoms with van der Waals surface area (Å²) in [6.07, 6.45) is -0.378. The Morgan fingerprint density at radius 2 is 1.82 bits per heavy atom. The lowest BCUT2D eigenvalue weighted by Crippen LogP contribution is -2.13. The highest BCUT2D eigenvalue weighted by Gasteiger charge is 2.42. The molecule has 3 heterocycles. The van der Waals surface area contributed by atoms with E-state index in [1.165, 1.54) is 28.8 Å². The van der Waals surface area contributed by atoms with Crippen LogP contribution in [0.4, 0.5) is 13.2 Å². The number of hydrogen-bond acceptors (Lipinski definition) is 6. The van der Waals surface area contributed by atoms with Gasteiger partial charge in [-0.05, 0) is 56.7 Å². The van der Waals surface area contributed by atoms with Crippen LogP contribution in [0, 0.1) is 18.8 Å². The summed E-state index contributed by atoms with van der Waals surface area (Å²) in [6.45, 7) is 5.79. The lowest BCUT2D eigenvalue weighted by molar-refractivity contribution is -0.144. The molecule has 39 heavy (non-hydrogen) atoms. The van der Waals surface area contributed by atoms with Crippen LogP contribution in [0.5, 0.6) is 0 Å². The summed E-state index contributed by atoms with van der Waals surface area (Å²) < 4.78 is 76.7. The number of aromatic nitrogens is 4. The summed E-state index contributed by atoms with van der Waals surface area (Å²) in [7, 11) is -4.06. The van der Waals surface area contributed by atoms with Crippen LogP contribution < -0.4 is 0 Å². The second-order valence-electron chi connectivity index (χ2n) is 10.1. The second-order valence-corrected chi connectivity index (χ2v) is 11.9. The van der Waals surface area contributed by atoms with Crippen molar-refractivity contribution < 1.29 is 31.1 Å². The molecule has 0 aliphatic heterocycles. The first-order valence-electron chi connectivity index (χ1n) is 12.9. The molecule has 5 rings (SSSR count). The Bertz CT molecular complexity index is 1640. The first kappa shape index (κ1) is 27.2. The largest absolute Gasteiger partial charge is 0.466 e. The van der Waals surface area contributed by atoms with E-state index in [1.54, 1.807) is 19.1 Å². The molecule has 1 aromatic carbocycles. The van der Waals surface area contributed by atoms with Crippen molar-refractivity contribution in [2.75, 3.05) is 6.61 Å². The summed E-state index contributed by atoms with van der Waals surface area (Å²) in [5, 5.41) is 0. The monoisotopic (exact) mass is 562 g/mol. The fraction of sp³-hybridized carbons (Fsp3) is 0.444. The maximum atomic E-state index is 14.1. The normalized spacial score (nSPS) is 20.2. The molecule has 1 fully saturated rings. The standard InChI is InChI=1S/C27H29F3N4O4S/c1-4-18-12-17(14-23(35)38-5-2)13-20(18)25-32-24(27(28,29)30)22-15-31-26-21(34(22)25)10-11-33(26)39(36,37)19-8-6-16(3)7-9-19/h6-11,15,17-18,20H,4-5,12-14H2,1-3H3/t17-,18-,20+/m1/s1. The molecule has 1 saturated carbocycles. The third kappa shape index (κ3) is 4.79. The summed E-state index contributed by atoms with van der Waals surface area (Å²) in [5.74, 6) is -0.539. The maximum absolute atomic E-state index is 14.1. The number of imidazole rings is 1. The van der Waals surface area contributed by atoms with E-state index in [0.717, 1.165) is 15.7 Å². The third-order valence-electron chi connectivity index (χ3n) is 7.55. The molecule has 1 aliphatic carbocycles. The zero-order valence-electron chi connectivity index (χ0n) is 21.8. The number of hydrogen-bond donors (Lipinski definition) is 0. The van der Waals surface area contributed by atoms with Gasteiger partial charge in [0.1, 0.15) is 5.82 Å². The Kier molecular flexibility index (Phi) is 6.94. The van der Waals surface area contributed by atoms with E-state index in [-0.39, 0.29) is 64.2 Å². The SMILES string of the molecule is CCOC(=O)C[C@@H]1C[C@@H](CC)[C@@H](c2nc(C(F)(F)F)c3cnc4c(ccn4S(=O)(=O)c4ccc(C)cc4)n23)C1. The lowest BCUT2D eigenvalue weighted by atomic mass is 9.93. The average Bonchev–Trinajstić information content (AvgIpc) is 3.58. The van der Waals surface area contributed by atoms with Gasteiger partial charge in [0, 0.05) is 18.5 Å². The predicted molar refractivity (Wildman–Crippen MR) is 138 cm³/mol. The number of fused-ring (bicyclic) bond motifs is 3. The molecule has 0 amide bonds. The molecule has 0 bridgehead atoms. The van der Waals surface area contributed by atoms with Crippen molar-refractivity contribution >= 4 is 32.7 Å². The van der Waals surface area contributed by atoms with E-state index in [1.807, 2.05) is 13.8 Å². The van der Waals surface area contributed by atoms with Crippen LogP contribution in [0.2, 0.25) is 0 Å².